The highest BCUT2D eigenvalue weighted by atomic mass is 16.5. The fourth-order valence-electron chi connectivity index (χ4n) is 5.81. The lowest BCUT2D eigenvalue weighted by atomic mass is 10.0. The molecule has 0 fully saturated rings. The van der Waals surface area contributed by atoms with E-state index in [1.54, 1.807) is 12.1 Å². The minimum Gasteiger partial charge on any atom is -0.422 e. The van der Waals surface area contributed by atoms with E-state index in [-0.39, 0.29) is 0 Å². The van der Waals surface area contributed by atoms with Gasteiger partial charge in [-0.2, -0.15) is 0 Å². The molecule has 0 bridgehead atoms. The van der Waals surface area contributed by atoms with E-state index in [9.17, 15) is 9.59 Å². The quantitative estimate of drug-likeness (QED) is 0.280. The zero-order valence-electron chi connectivity index (χ0n) is 21.5. The largest absolute Gasteiger partial charge is 0.422 e. The molecule has 0 atom stereocenters. The number of nitrogens with zero attached hydrogens (tertiary/aromatic N) is 1. The SMILES string of the molecule is Cc1ccc(C2=c3cc4c(cc3C(=O)O2)=C(c2ccc(-n3c5ccccc5c5ccccc53)cc2)OC4=O)cc1. The van der Waals surface area contributed by atoms with Gasteiger partial charge in [-0.05, 0) is 55.5 Å². The Hall–Kier alpha value is -5.42. The van der Waals surface area contributed by atoms with E-state index >= 15 is 0 Å². The molecule has 5 heteroatoms. The smallest absolute Gasteiger partial charge is 0.344 e. The van der Waals surface area contributed by atoms with Crippen LogP contribution in [0, 0.1) is 6.92 Å². The van der Waals surface area contributed by atoms with Crippen LogP contribution in [-0.4, -0.2) is 16.5 Å². The van der Waals surface area contributed by atoms with E-state index in [2.05, 4.69) is 41.0 Å². The summed E-state index contributed by atoms with van der Waals surface area (Å²) in [7, 11) is 0. The molecule has 2 aliphatic heterocycles. The minimum atomic E-state index is -0.443. The first kappa shape index (κ1) is 22.6. The summed E-state index contributed by atoms with van der Waals surface area (Å²) in [4.78, 5) is 25.8. The van der Waals surface area contributed by atoms with Crippen LogP contribution in [-0.2, 0) is 9.47 Å². The number of aromatic nitrogens is 1. The van der Waals surface area contributed by atoms with Crippen molar-refractivity contribution in [2.24, 2.45) is 0 Å². The Morgan fingerprint density at radius 2 is 1.00 bits per heavy atom. The number of fused-ring (bicyclic) bond motifs is 5. The molecule has 0 N–H and O–H groups in total. The lowest BCUT2D eigenvalue weighted by Gasteiger charge is -2.09. The second kappa shape index (κ2) is 8.29. The van der Waals surface area contributed by atoms with Crippen LogP contribution >= 0.6 is 0 Å². The van der Waals surface area contributed by atoms with E-state index in [1.807, 2.05) is 67.6 Å². The lowest BCUT2D eigenvalue weighted by Crippen LogP contribution is -2.20. The van der Waals surface area contributed by atoms with Crippen LogP contribution in [0.15, 0.2) is 109 Å². The van der Waals surface area contributed by atoms with Gasteiger partial charge in [-0.15, -0.1) is 0 Å². The monoisotopic (exact) mass is 519 g/mol. The molecule has 0 saturated carbocycles. The van der Waals surface area contributed by atoms with Gasteiger partial charge in [-0.25, -0.2) is 9.59 Å². The highest BCUT2D eigenvalue weighted by molar-refractivity contribution is 6.09. The molecule has 8 rings (SSSR count). The van der Waals surface area contributed by atoms with Crippen molar-refractivity contribution in [3.8, 4) is 5.69 Å². The third-order valence-corrected chi connectivity index (χ3v) is 7.76. The summed E-state index contributed by atoms with van der Waals surface area (Å²) in [5.41, 5.74) is 6.73. The van der Waals surface area contributed by atoms with Crippen molar-refractivity contribution in [2.75, 3.05) is 0 Å². The number of hydrogen-bond donors (Lipinski definition) is 0. The molecule has 5 nitrogen and oxygen atoms in total. The number of cyclic esters (lactones) is 2. The maximum absolute atomic E-state index is 13.0. The summed E-state index contributed by atoms with van der Waals surface area (Å²) in [5.74, 6) is 0.0170. The van der Waals surface area contributed by atoms with Crippen LogP contribution in [0.2, 0.25) is 0 Å². The zero-order valence-corrected chi connectivity index (χ0v) is 21.5. The van der Waals surface area contributed by atoms with Gasteiger partial charge in [0.05, 0.1) is 22.2 Å². The van der Waals surface area contributed by atoms with Crippen LogP contribution in [0.4, 0.5) is 0 Å². The summed E-state index contributed by atoms with van der Waals surface area (Å²) in [6.45, 7) is 2.00. The van der Waals surface area contributed by atoms with E-state index < -0.39 is 11.9 Å². The molecule has 0 saturated heterocycles. The lowest BCUT2D eigenvalue weighted by molar-refractivity contribution is 0.0698. The first-order valence-electron chi connectivity index (χ1n) is 13.1. The number of esters is 2. The Morgan fingerprint density at radius 1 is 0.550 bits per heavy atom. The molecule has 40 heavy (non-hydrogen) atoms. The zero-order chi connectivity index (χ0) is 27.0. The first-order chi connectivity index (χ1) is 19.6. The highest BCUT2D eigenvalue weighted by Gasteiger charge is 2.30. The maximum atomic E-state index is 13.0. The van der Waals surface area contributed by atoms with Crippen molar-refractivity contribution >= 4 is 45.3 Å². The third kappa shape index (κ3) is 3.21. The molecule has 190 valence electrons. The van der Waals surface area contributed by atoms with Gasteiger partial charge in [-0.3, -0.25) is 0 Å². The van der Waals surface area contributed by atoms with Crippen molar-refractivity contribution < 1.29 is 19.1 Å². The average molecular weight is 520 g/mol. The second-order valence-electron chi connectivity index (χ2n) is 10.2. The number of para-hydroxylation sites is 2. The Kier molecular flexibility index (Phi) is 4.67. The van der Waals surface area contributed by atoms with E-state index in [1.165, 1.54) is 10.8 Å². The summed E-state index contributed by atoms with van der Waals surface area (Å²) >= 11 is 0. The molecule has 0 spiro atoms. The fraction of sp³-hybridized carbons (Fsp3) is 0.0286. The number of rotatable bonds is 3. The minimum absolute atomic E-state index is 0.420. The predicted molar refractivity (Wildman–Crippen MR) is 154 cm³/mol. The number of aryl methyl sites for hydroxylation is 1. The van der Waals surface area contributed by atoms with E-state index in [0.717, 1.165) is 33.4 Å². The Balaban J connectivity index is 1.27. The van der Waals surface area contributed by atoms with Gasteiger partial charge in [0.25, 0.3) is 0 Å². The summed E-state index contributed by atoms with van der Waals surface area (Å²) in [5, 5.41) is 3.58. The van der Waals surface area contributed by atoms with Crippen molar-refractivity contribution in [1.29, 1.82) is 0 Å². The highest BCUT2D eigenvalue weighted by Crippen LogP contribution is 2.32. The first-order valence-corrected chi connectivity index (χ1v) is 13.1. The molecule has 5 aromatic carbocycles. The molecule has 2 aliphatic rings. The average Bonchev–Trinajstić information content (AvgIpc) is 3.62. The van der Waals surface area contributed by atoms with Gasteiger partial charge >= 0.3 is 11.9 Å². The Morgan fingerprint density at radius 3 is 1.50 bits per heavy atom. The van der Waals surface area contributed by atoms with E-state index in [4.69, 9.17) is 9.47 Å². The molecule has 1 aromatic heterocycles. The third-order valence-electron chi connectivity index (χ3n) is 7.76. The van der Waals surface area contributed by atoms with Crippen LogP contribution in [0.5, 0.6) is 0 Å². The normalized spacial score (nSPS) is 14.0. The van der Waals surface area contributed by atoms with Gasteiger partial charge < -0.3 is 14.0 Å². The number of carbonyl (C=O) groups is 2. The van der Waals surface area contributed by atoms with Gasteiger partial charge in [0, 0.05) is 38.0 Å². The number of carbonyl (C=O) groups excluding carboxylic acids is 2. The number of hydrogen-bond acceptors (Lipinski definition) is 4. The standard InChI is InChI=1S/C35H21NO4/c1-20-10-12-21(13-11-20)32-26-18-29-27(19-28(26)34(37)39-32)33(40-35(29)38)22-14-16-23(17-15-22)36-30-8-4-2-6-24(30)25-7-3-5-9-31(25)36/h2-19H,1H3. The maximum Gasteiger partial charge on any atom is 0.344 e. The van der Waals surface area contributed by atoms with Gasteiger partial charge in [0.2, 0.25) is 0 Å². The van der Waals surface area contributed by atoms with Crippen molar-refractivity contribution in [3.05, 3.63) is 147 Å². The molecule has 0 radical (unpaired) electrons. The topological polar surface area (TPSA) is 57.5 Å². The van der Waals surface area contributed by atoms with Crippen LogP contribution in [0.3, 0.4) is 0 Å². The van der Waals surface area contributed by atoms with Gasteiger partial charge in [0.1, 0.15) is 11.5 Å². The molecular formula is C35H21NO4. The number of benzene rings is 5. The van der Waals surface area contributed by atoms with Crippen LogP contribution in [0.25, 0.3) is 39.0 Å². The van der Waals surface area contributed by atoms with E-state index in [0.29, 0.717) is 33.1 Å². The van der Waals surface area contributed by atoms with Crippen molar-refractivity contribution in [1.82, 2.24) is 4.57 Å². The van der Waals surface area contributed by atoms with Crippen molar-refractivity contribution in [3.63, 3.8) is 0 Å². The second-order valence-corrected chi connectivity index (χ2v) is 10.2. The molecule has 0 unspecified atom stereocenters. The van der Waals surface area contributed by atoms with Gasteiger partial charge in [-0.1, -0.05) is 66.2 Å². The summed E-state index contributed by atoms with van der Waals surface area (Å²) in [6, 6.07) is 35.8. The summed E-state index contributed by atoms with van der Waals surface area (Å²) in [6.07, 6.45) is 0. The Bertz CT molecular complexity index is 2130. The number of ether oxygens (including phenoxy) is 2. The molecule has 3 heterocycles. The molecule has 6 aromatic rings. The molecular weight excluding hydrogens is 498 g/mol. The van der Waals surface area contributed by atoms with Crippen LogP contribution in [0.1, 0.15) is 37.4 Å². The predicted octanol–water partition coefficient (Wildman–Crippen LogP) is 5.75. The van der Waals surface area contributed by atoms with Gasteiger partial charge in [0.15, 0.2) is 0 Å². The fourth-order valence-corrected chi connectivity index (χ4v) is 5.81. The Labute approximate surface area is 228 Å². The molecule has 0 amide bonds. The van der Waals surface area contributed by atoms with Crippen molar-refractivity contribution in [2.45, 2.75) is 6.92 Å². The molecule has 0 aliphatic carbocycles. The summed E-state index contributed by atoms with van der Waals surface area (Å²) < 4.78 is 13.7. The van der Waals surface area contributed by atoms with Crippen LogP contribution < -0.4 is 10.4 Å².